The van der Waals surface area contributed by atoms with E-state index < -0.39 is 10.0 Å². The lowest BCUT2D eigenvalue weighted by atomic mass is 9.89. The lowest BCUT2D eigenvalue weighted by Crippen LogP contribution is -2.32. The van der Waals surface area contributed by atoms with Crippen molar-refractivity contribution in [2.45, 2.75) is 50.5 Å². The summed E-state index contributed by atoms with van der Waals surface area (Å²) in [5.41, 5.74) is 5.60. The SMILES string of the molecule is Cc1sc(CN)cc1S(=O)(=O)N(C)CC1CCCCC1. The van der Waals surface area contributed by atoms with E-state index in [0.717, 1.165) is 22.6 Å². The highest BCUT2D eigenvalue weighted by Crippen LogP contribution is 2.30. The minimum atomic E-state index is -3.37. The Kier molecular flexibility index (Phi) is 5.23. The van der Waals surface area contributed by atoms with Crippen LogP contribution in [0, 0.1) is 12.8 Å². The van der Waals surface area contributed by atoms with Gasteiger partial charge in [0.25, 0.3) is 0 Å². The monoisotopic (exact) mass is 316 g/mol. The molecule has 0 aromatic carbocycles. The zero-order valence-electron chi connectivity index (χ0n) is 12.3. The third-order valence-electron chi connectivity index (χ3n) is 4.05. The van der Waals surface area contributed by atoms with Gasteiger partial charge in [0.2, 0.25) is 10.0 Å². The molecule has 1 heterocycles. The highest BCUT2D eigenvalue weighted by molar-refractivity contribution is 7.89. The highest BCUT2D eigenvalue weighted by atomic mass is 32.2. The summed E-state index contributed by atoms with van der Waals surface area (Å²) in [7, 11) is -1.67. The highest BCUT2D eigenvalue weighted by Gasteiger charge is 2.27. The molecule has 6 heteroatoms. The first kappa shape index (κ1) is 15.9. The summed E-state index contributed by atoms with van der Waals surface area (Å²) in [6.45, 7) is 2.88. The first-order chi connectivity index (χ1) is 9.45. The molecule has 114 valence electrons. The van der Waals surface area contributed by atoms with Crippen LogP contribution in [0.2, 0.25) is 0 Å². The maximum Gasteiger partial charge on any atom is 0.243 e. The van der Waals surface area contributed by atoms with Crippen molar-refractivity contribution in [3.05, 3.63) is 15.8 Å². The number of rotatable bonds is 5. The third-order valence-corrected chi connectivity index (χ3v) is 7.20. The molecule has 2 rings (SSSR count). The molecule has 1 aliphatic carbocycles. The average Bonchev–Trinajstić information content (AvgIpc) is 2.82. The van der Waals surface area contributed by atoms with E-state index in [1.165, 1.54) is 34.9 Å². The second-order valence-corrected chi connectivity index (χ2v) is 8.98. The van der Waals surface area contributed by atoms with Crippen LogP contribution < -0.4 is 5.73 Å². The molecule has 2 N–H and O–H groups in total. The predicted octanol–water partition coefficient (Wildman–Crippen LogP) is 2.72. The van der Waals surface area contributed by atoms with E-state index in [-0.39, 0.29) is 0 Å². The molecule has 1 aliphatic rings. The molecule has 0 radical (unpaired) electrons. The standard InChI is InChI=1S/C14H24N2O2S2/c1-11-14(8-13(9-15)19-11)20(17,18)16(2)10-12-6-4-3-5-7-12/h8,12H,3-7,9-10,15H2,1-2H3. The van der Waals surface area contributed by atoms with E-state index in [2.05, 4.69) is 0 Å². The van der Waals surface area contributed by atoms with Gasteiger partial charge in [0, 0.05) is 29.9 Å². The quantitative estimate of drug-likeness (QED) is 0.908. The van der Waals surface area contributed by atoms with Crippen molar-refractivity contribution in [3.8, 4) is 0 Å². The topological polar surface area (TPSA) is 63.4 Å². The molecule has 1 aromatic rings. The summed E-state index contributed by atoms with van der Waals surface area (Å²) in [4.78, 5) is 2.19. The number of nitrogens with zero attached hydrogens (tertiary/aromatic N) is 1. The molecular formula is C14H24N2O2S2. The second-order valence-electron chi connectivity index (χ2n) is 5.63. The largest absolute Gasteiger partial charge is 0.326 e. The molecule has 0 atom stereocenters. The van der Waals surface area contributed by atoms with E-state index >= 15 is 0 Å². The van der Waals surface area contributed by atoms with Crippen LogP contribution in [0.25, 0.3) is 0 Å². The first-order valence-corrected chi connectivity index (χ1v) is 9.46. The number of aryl methyl sites for hydroxylation is 1. The van der Waals surface area contributed by atoms with Crippen molar-refractivity contribution in [2.24, 2.45) is 11.7 Å². The molecule has 0 saturated heterocycles. The van der Waals surface area contributed by atoms with E-state index in [4.69, 9.17) is 5.73 Å². The molecular weight excluding hydrogens is 292 g/mol. The number of sulfonamides is 1. The molecule has 0 aliphatic heterocycles. The number of hydrogen-bond acceptors (Lipinski definition) is 4. The lowest BCUT2D eigenvalue weighted by Gasteiger charge is -2.26. The van der Waals surface area contributed by atoms with Crippen LogP contribution in [0.3, 0.4) is 0 Å². The van der Waals surface area contributed by atoms with E-state index in [0.29, 0.717) is 23.9 Å². The number of hydrogen-bond donors (Lipinski definition) is 1. The fraction of sp³-hybridized carbons (Fsp3) is 0.714. The summed E-state index contributed by atoms with van der Waals surface area (Å²) in [6, 6.07) is 1.73. The van der Waals surface area contributed by atoms with Crippen LogP contribution in [-0.4, -0.2) is 26.3 Å². The Labute approximate surface area is 126 Å². The zero-order valence-corrected chi connectivity index (χ0v) is 13.9. The van der Waals surface area contributed by atoms with E-state index in [1.54, 1.807) is 13.1 Å². The maximum absolute atomic E-state index is 12.6. The van der Waals surface area contributed by atoms with Crippen molar-refractivity contribution < 1.29 is 8.42 Å². The van der Waals surface area contributed by atoms with Crippen LogP contribution in [-0.2, 0) is 16.6 Å². The van der Waals surface area contributed by atoms with Gasteiger partial charge in [0.15, 0.2) is 0 Å². The molecule has 1 aromatic heterocycles. The van der Waals surface area contributed by atoms with Crippen molar-refractivity contribution in [2.75, 3.05) is 13.6 Å². The Bertz CT molecular complexity index is 546. The predicted molar refractivity (Wildman–Crippen MR) is 83.3 cm³/mol. The number of thiophene rings is 1. The Balaban J connectivity index is 2.13. The van der Waals surface area contributed by atoms with E-state index in [1.807, 2.05) is 6.92 Å². The molecule has 0 spiro atoms. The van der Waals surface area contributed by atoms with Gasteiger partial charge in [0.05, 0.1) is 4.90 Å². The van der Waals surface area contributed by atoms with Crippen LogP contribution in [0.1, 0.15) is 41.9 Å². The Morgan fingerprint density at radius 3 is 2.55 bits per heavy atom. The van der Waals surface area contributed by atoms with Crippen molar-refractivity contribution in [3.63, 3.8) is 0 Å². The lowest BCUT2D eigenvalue weighted by molar-refractivity contribution is 0.300. The number of nitrogens with two attached hydrogens (primary N) is 1. The van der Waals surface area contributed by atoms with Crippen LogP contribution >= 0.6 is 11.3 Å². The van der Waals surface area contributed by atoms with Gasteiger partial charge in [-0.1, -0.05) is 19.3 Å². The van der Waals surface area contributed by atoms with Gasteiger partial charge in [-0.25, -0.2) is 12.7 Å². The molecule has 1 saturated carbocycles. The molecule has 20 heavy (non-hydrogen) atoms. The molecule has 0 bridgehead atoms. The van der Waals surface area contributed by atoms with Crippen LogP contribution in [0.4, 0.5) is 0 Å². The van der Waals surface area contributed by atoms with Gasteiger partial charge >= 0.3 is 0 Å². The van der Waals surface area contributed by atoms with Gasteiger partial charge in [-0.15, -0.1) is 11.3 Å². The Morgan fingerprint density at radius 2 is 2.00 bits per heavy atom. The molecule has 4 nitrogen and oxygen atoms in total. The minimum absolute atomic E-state index is 0.396. The smallest absolute Gasteiger partial charge is 0.243 e. The van der Waals surface area contributed by atoms with Gasteiger partial charge < -0.3 is 5.73 Å². The minimum Gasteiger partial charge on any atom is -0.326 e. The normalized spacial score (nSPS) is 17.8. The summed E-state index contributed by atoms with van der Waals surface area (Å²) >= 11 is 1.47. The van der Waals surface area contributed by atoms with Crippen molar-refractivity contribution in [1.29, 1.82) is 0 Å². The van der Waals surface area contributed by atoms with Gasteiger partial charge in [-0.3, -0.25) is 0 Å². The third kappa shape index (κ3) is 3.42. The van der Waals surface area contributed by atoms with Crippen molar-refractivity contribution >= 4 is 21.4 Å². The molecule has 0 unspecified atom stereocenters. The second kappa shape index (κ2) is 6.56. The maximum atomic E-state index is 12.6. The zero-order chi connectivity index (χ0) is 14.8. The summed E-state index contributed by atoms with van der Waals surface area (Å²) in [6.07, 6.45) is 6.05. The molecule has 1 fully saturated rings. The summed E-state index contributed by atoms with van der Waals surface area (Å²) < 4.78 is 26.8. The average molecular weight is 316 g/mol. The molecule has 0 amide bonds. The van der Waals surface area contributed by atoms with Crippen molar-refractivity contribution in [1.82, 2.24) is 4.31 Å². The van der Waals surface area contributed by atoms with Gasteiger partial charge in [-0.2, -0.15) is 0 Å². The van der Waals surface area contributed by atoms with Gasteiger partial charge in [0.1, 0.15) is 0 Å². The van der Waals surface area contributed by atoms with Crippen LogP contribution in [0.15, 0.2) is 11.0 Å². The fourth-order valence-corrected chi connectivity index (χ4v) is 5.61. The Morgan fingerprint density at radius 1 is 1.35 bits per heavy atom. The fourth-order valence-electron chi connectivity index (χ4n) is 2.88. The summed E-state index contributed by atoms with van der Waals surface area (Å²) in [5, 5.41) is 0. The summed E-state index contributed by atoms with van der Waals surface area (Å²) in [5.74, 6) is 0.511. The van der Waals surface area contributed by atoms with E-state index in [9.17, 15) is 8.42 Å². The van der Waals surface area contributed by atoms with Gasteiger partial charge in [-0.05, 0) is 31.7 Å². The Hall–Kier alpha value is -0.430. The first-order valence-electron chi connectivity index (χ1n) is 7.21. The van der Waals surface area contributed by atoms with Crippen LogP contribution in [0.5, 0.6) is 0 Å².